The van der Waals surface area contributed by atoms with Crippen LogP contribution < -0.4 is 5.32 Å². The van der Waals surface area contributed by atoms with E-state index in [1.165, 1.54) is 13.4 Å². The third-order valence-electron chi connectivity index (χ3n) is 3.01. The highest BCUT2D eigenvalue weighted by atomic mass is 35.5. The van der Waals surface area contributed by atoms with E-state index in [0.717, 1.165) is 5.56 Å². The Bertz CT molecular complexity index is 594. The van der Waals surface area contributed by atoms with Gasteiger partial charge >= 0.3 is 5.97 Å². The number of carbonyl (C=O) groups is 1. The SMILES string of the molecule is COC(=O)c1coc(CN[C@H](C)c2cccc(Cl)c2)c1. The normalized spacial score (nSPS) is 12.2. The molecule has 0 saturated carbocycles. The summed E-state index contributed by atoms with van der Waals surface area (Å²) < 4.78 is 9.93. The number of hydrogen-bond acceptors (Lipinski definition) is 4. The van der Waals surface area contributed by atoms with Crippen molar-refractivity contribution in [1.82, 2.24) is 5.32 Å². The second-order valence-electron chi connectivity index (χ2n) is 4.45. The van der Waals surface area contributed by atoms with E-state index in [0.29, 0.717) is 22.9 Å². The van der Waals surface area contributed by atoms with E-state index in [9.17, 15) is 4.79 Å². The summed E-state index contributed by atoms with van der Waals surface area (Å²) in [6, 6.07) is 9.47. The van der Waals surface area contributed by atoms with Gasteiger partial charge in [-0.3, -0.25) is 0 Å². The van der Waals surface area contributed by atoms with E-state index in [-0.39, 0.29) is 6.04 Å². The molecule has 1 aromatic heterocycles. The quantitative estimate of drug-likeness (QED) is 0.856. The summed E-state index contributed by atoms with van der Waals surface area (Å²) in [5.41, 5.74) is 1.51. The molecule has 0 radical (unpaired) electrons. The second kappa shape index (κ2) is 6.59. The lowest BCUT2D eigenvalue weighted by atomic mass is 10.1. The Morgan fingerprint density at radius 2 is 2.25 bits per heavy atom. The number of carbonyl (C=O) groups excluding carboxylic acids is 1. The molecule has 0 saturated heterocycles. The van der Waals surface area contributed by atoms with Gasteiger partial charge in [-0.15, -0.1) is 0 Å². The van der Waals surface area contributed by atoms with Crippen molar-refractivity contribution in [1.29, 1.82) is 0 Å². The van der Waals surface area contributed by atoms with Crippen LogP contribution in [0.1, 0.15) is 34.6 Å². The van der Waals surface area contributed by atoms with Crippen molar-refractivity contribution in [3.8, 4) is 0 Å². The summed E-state index contributed by atoms with van der Waals surface area (Å²) in [6.07, 6.45) is 1.40. The molecule has 0 aliphatic heterocycles. The first kappa shape index (κ1) is 14.6. The van der Waals surface area contributed by atoms with E-state index in [4.69, 9.17) is 16.0 Å². The minimum absolute atomic E-state index is 0.125. The molecule has 0 aliphatic rings. The standard InChI is InChI=1S/C15H16ClNO3/c1-10(11-4-3-5-13(16)6-11)17-8-14-7-12(9-20-14)15(18)19-2/h3-7,9-10,17H,8H2,1-2H3/t10-/m1/s1. The molecule has 1 N–H and O–H groups in total. The fraction of sp³-hybridized carbons (Fsp3) is 0.267. The zero-order valence-electron chi connectivity index (χ0n) is 11.4. The lowest BCUT2D eigenvalue weighted by Crippen LogP contribution is -2.17. The molecule has 0 fully saturated rings. The van der Waals surface area contributed by atoms with Gasteiger partial charge in [0.1, 0.15) is 12.0 Å². The third-order valence-corrected chi connectivity index (χ3v) is 3.24. The van der Waals surface area contributed by atoms with Crippen molar-refractivity contribution in [2.24, 2.45) is 0 Å². The molecule has 0 unspecified atom stereocenters. The van der Waals surface area contributed by atoms with Crippen molar-refractivity contribution < 1.29 is 13.9 Å². The first-order valence-electron chi connectivity index (χ1n) is 6.24. The van der Waals surface area contributed by atoms with Crippen LogP contribution in [0.25, 0.3) is 0 Å². The zero-order chi connectivity index (χ0) is 14.5. The summed E-state index contributed by atoms with van der Waals surface area (Å²) in [5.74, 6) is 0.280. The van der Waals surface area contributed by atoms with Crippen LogP contribution in [0.3, 0.4) is 0 Å². The number of rotatable bonds is 5. The number of benzene rings is 1. The lowest BCUT2D eigenvalue weighted by molar-refractivity contribution is 0.0600. The number of hydrogen-bond donors (Lipinski definition) is 1. The predicted octanol–water partition coefficient (Wildman–Crippen LogP) is 3.57. The van der Waals surface area contributed by atoms with Gasteiger partial charge in [0.2, 0.25) is 0 Å². The maximum absolute atomic E-state index is 11.3. The Labute approximate surface area is 122 Å². The Morgan fingerprint density at radius 3 is 2.95 bits per heavy atom. The maximum atomic E-state index is 11.3. The molecular weight excluding hydrogens is 278 g/mol. The molecule has 0 amide bonds. The molecule has 2 rings (SSSR count). The molecule has 1 atom stereocenters. The molecule has 106 valence electrons. The average Bonchev–Trinajstić information content (AvgIpc) is 2.92. The van der Waals surface area contributed by atoms with E-state index in [1.807, 2.05) is 31.2 Å². The molecule has 0 aliphatic carbocycles. The number of esters is 1. The summed E-state index contributed by atoms with van der Waals surface area (Å²) in [7, 11) is 1.34. The maximum Gasteiger partial charge on any atom is 0.341 e. The second-order valence-corrected chi connectivity index (χ2v) is 4.89. The van der Waals surface area contributed by atoms with E-state index < -0.39 is 5.97 Å². The highest BCUT2D eigenvalue weighted by molar-refractivity contribution is 6.30. The highest BCUT2D eigenvalue weighted by Crippen LogP contribution is 2.18. The minimum Gasteiger partial charge on any atom is -0.467 e. The van der Waals surface area contributed by atoms with Gasteiger partial charge in [0.25, 0.3) is 0 Å². The number of ether oxygens (including phenoxy) is 1. The van der Waals surface area contributed by atoms with Gasteiger partial charge in [-0.05, 0) is 30.7 Å². The molecule has 20 heavy (non-hydrogen) atoms. The van der Waals surface area contributed by atoms with Crippen LogP contribution in [0.4, 0.5) is 0 Å². The molecule has 2 aromatic rings. The van der Waals surface area contributed by atoms with Crippen LogP contribution in [0.5, 0.6) is 0 Å². The minimum atomic E-state index is -0.400. The summed E-state index contributed by atoms with van der Waals surface area (Å²) in [6.45, 7) is 2.56. The van der Waals surface area contributed by atoms with Crippen molar-refractivity contribution in [3.05, 3.63) is 58.5 Å². The average molecular weight is 294 g/mol. The predicted molar refractivity (Wildman–Crippen MR) is 76.8 cm³/mol. The number of halogens is 1. The zero-order valence-corrected chi connectivity index (χ0v) is 12.1. The Balaban J connectivity index is 1.95. The molecule has 5 heteroatoms. The Kier molecular flexibility index (Phi) is 4.82. The van der Waals surface area contributed by atoms with E-state index in [1.54, 1.807) is 6.07 Å². The first-order valence-corrected chi connectivity index (χ1v) is 6.62. The molecule has 0 bridgehead atoms. The first-order chi connectivity index (χ1) is 9.60. The monoisotopic (exact) mass is 293 g/mol. The van der Waals surface area contributed by atoms with Gasteiger partial charge in [0.15, 0.2) is 0 Å². The Morgan fingerprint density at radius 1 is 1.45 bits per heavy atom. The highest BCUT2D eigenvalue weighted by Gasteiger charge is 2.11. The van der Waals surface area contributed by atoms with Crippen molar-refractivity contribution >= 4 is 17.6 Å². The van der Waals surface area contributed by atoms with Crippen LogP contribution in [0, 0.1) is 0 Å². The van der Waals surface area contributed by atoms with Gasteiger partial charge in [0, 0.05) is 11.1 Å². The van der Waals surface area contributed by atoms with Gasteiger partial charge in [0.05, 0.1) is 19.2 Å². The van der Waals surface area contributed by atoms with Gasteiger partial charge in [-0.25, -0.2) is 4.79 Å². The largest absolute Gasteiger partial charge is 0.467 e. The summed E-state index contributed by atoms with van der Waals surface area (Å²) in [4.78, 5) is 11.3. The van der Waals surface area contributed by atoms with Crippen LogP contribution in [0.15, 0.2) is 41.0 Å². The van der Waals surface area contributed by atoms with Crippen LogP contribution in [0.2, 0.25) is 5.02 Å². The van der Waals surface area contributed by atoms with Gasteiger partial charge in [-0.1, -0.05) is 23.7 Å². The van der Waals surface area contributed by atoms with Crippen molar-refractivity contribution in [3.63, 3.8) is 0 Å². The van der Waals surface area contributed by atoms with Crippen molar-refractivity contribution in [2.45, 2.75) is 19.5 Å². The fourth-order valence-corrected chi connectivity index (χ4v) is 2.04. The molecule has 1 heterocycles. The topological polar surface area (TPSA) is 51.5 Å². The smallest absolute Gasteiger partial charge is 0.341 e. The third kappa shape index (κ3) is 3.62. The Hall–Kier alpha value is -1.78. The van der Waals surface area contributed by atoms with E-state index >= 15 is 0 Å². The van der Waals surface area contributed by atoms with Gasteiger partial charge in [-0.2, -0.15) is 0 Å². The molecular formula is C15H16ClNO3. The molecule has 4 nitrogen and oxygen atoms in total. The fourth-order valence-electron chi connectivity index (χ4n) is 1.85. The number of methoxy groups -OCH3 is 1. The van der Waals surface area contributed by atoms with E-state index in [2.05, 4.69) is 10.1 Å². The van der Waals surface area contributed by atoms with Crippen molar-refractivity contribution in [2.75, 3.05) is 7.11 Å². The lowest BCUT2D eigenvalue weighted by Gasteiger charge is -2.13. The summed E-state index contributed by atoms with van der Waals surface area (Å²) >= 11 is 5.96. The molecule has 1 aromatic carbocycles. The number of nitrogens with one attached hydrogen (secondary N) is 1. The van der Waals surface area contributed by atoms with Gasteiger partial charge < -0.3 is 14.5 Å². The summed E-state index contributed by atoms with van der Waals surface area (Å²) in [5, 5.41) is 4.02. The number of furan rings is 1. The van der Waals surface area contributed by atoms with Crippen LogP contribution >= 0.6 is 11.6 Å². The van der Waals surface area contributed by atoms with Crippen LogP contribution in [-0.4, -0.2) is 13.1 Å². The van der Waals surface area contributed by atoms with Crippen LogP contribution in [-0.2, 0) is 11.3 Å². The molecule has 0 spiro atoms.